The first kappa shape index (κ1) is 10.6. The van der Waals surface area contributed by atoms with Gasteiger partial charge in [0.05, 0.1) is 4.75 Å². The van der Waals surface area contributed by atoms with E-state index in [1.54, 1.807) is 0 Å². The van der Waals surface area contributed by atoms with Crippen LogP contribution in [0, 0.1) is 0 Å². The van der Waals surface area contributed by atoms with Crippen LogP contribution in [0.15, 0.2) is 30.3 Å². The van der Waals surface area contributed by atoms with E-state index in [9.17, 15) is 0 Å². The quantitative estimate of drug-likeness (QED) is 0.685. The average Bonchev–Trinajstić information content (AvgIpc) is 2.61. The number of thiol groups is 1. The van der Waals surface area contributed by atoms with Gasteiger partial charge < -0.3 is 10.1 Å². The summed E-state index contributed by atoms with van der Waals surface area (Å²) >= 11 is 4.58. The SMILES string of the molecule is CC(S)(CCO)c1cc2ccccc2[nH]1. The Labute approximate surface area is 94.7 Å². The summed E-state index contributed by atoms with van der Waals surface area (Å²) < 4.78 is -0.298. The predicted octanol–water partition coefficient (Wildman–Crippen LogP) is 2.70. The molecule has 0 bridgehead atoms. The van der Waals surface area contributed by atoms with E-state index >= 15 is 0 Å². The third-order valence-electron chi connectivity index (χ3n) is 2.71. The second kappa shape index (κ2) is 3.91. The van der Waals surface area contributed by atoms with E-state index in [0.717, 1.165) is 11.2 Å². The zero-order valence-corrected chi connectivity index (χ0v) is 9.59. The van der Waals surface area contributed by atoms with Crippen LogP contribution < -0.4 is 0 Å². The molecule has 2 nitrogen and oxygen atoms in total. The second-order valence-electron chi connectivity index (χ2n) is 4.02. The molecule has 1 unspecified atom stereocenters. The summed E-state index contributed by atoms with van der Waals surface area (Å²) in [5.41, 5.74) is 2.17. The van der Waals surface area contributed by atoms with Gasteiger partial charge in [0.2, 0.25) is 0 Å². The highest BCUT2D eigenvalue weighted by Crippen LogP contribution is 2.32. The Morgan fingerprint density at radius 1 is 1.40 bits per heavy atom. The van der Waals surface area contributed by atoms with Gasteiger partial charge in [-0.1, -0.05) is 18.2 Å². The van der Waals surface area contributed by atoms with Crippen LogP contribution in [-0.2, 0) is 4.75 Å². The van der Waals surface area contributed by atoms with E-state index in [4.69, 9.17) is 5.11 Å². The number of para-hydroxylation sites is 1. The molecular weight excluding hydrogens is 206 g/mol. The van der Waals surface area contributed by atoms with Crippen LogP contribution in [0.3, 0.4) is 0 Å². The molecule has 1 heterocycles. The standard InChI is InChI=1S/C12H15NOS/c1-12(15,6-7-14)11-8-9-4-2-3-5-10(9)13-11/h2-5,8,13-15H,6-7H2,1H3. The minimum Gasteiger partial charge on any atom is -0.396 e. The fraction of sp³-hybridized carbons (Fsp3) is 0.333. The first-order valence-electron chi connectivity index (χ1n) is 5.05. The van der Waals surface area contributed by atoms with E-state index in [1.807, 2.05) is 25.1 Å². The maximum atomic E-state index is 8.98. The lowest BCUT2D eigenvalue weighted by Gasteiger charge is -2.20. The summed E-state index contributed by atoms with van der Waals surface area (Å²) in [4.78, 5) is 3.33. The molecule has 0 aliphatic heterocycles. The number of rotatable bonds is 3. The van der Waals surface area contributed by atoms with E-state index in [1.165, 1.54) is 5.39 Å². The monoisotopic (exact) mass is 221 g/mol. The smallest absolute Gasteiger partial charge is 0.0522 e. The molecule has 2 rings (SSSR count). The first-order chi connectivity index (χ1) is 7.13. The topological polar surface area (TPSA) is 36.0 Å². The molecule has 0 spiro atoms. The molecule has 80 valence electrons. The summed E-state index contributed by atoms with van der Waals surface area (Å²) in [7, 11) is 0. The number of fused-ring (bicyclic) bond motifs is 1. The van der Waals surface area contributed by atoms with Gasteiger partial charge >= 0.3 is 0 Å². The molecule has 0 saturated heterocycles. The van der Waals surface area contributed by atoms with E-state index in [0.29, 0.717) is 6.42 Å². The Bertz CT molecular complexity index is 428. The molecule has 0 aliphatic rings. The molecule has 0 aliphatic carbocycles. The lowest BCUT2D eigenvalue weighted by molar-refractivity contribution is 0.272. The highest BCUT2D eigenvalue weighted by atomic mass is 32.1. The van der Waals surface area contributed by atoms with Crippen molar-refractivity contribution >= 4 is 23.5 Å². The molecule has 3 heteroatoms. The Balaban J connectivity index is 2.44. The summed E-state index contributed by atoms with van der Waals surface area (Å²) in [6, 6.07) is 10.2. The molecule has 0 radical (unpaired) electrons. The molecule has 1 aromatic heterocycles. The summed E-state index contributed by atoms with van der Waals surface area (Å²) in [5.74, 6) is 0. The van der Waals surface area contributed by atoms with Gasteiger partial charge in [0.1, 0.15) is 0 Å². The zero-order chi connectivity index (χ0) is 10.9. The number of H-pyrrole nitrogens is 1. The Morgan fingerprint density at radius 2 is 2.13 bits per heavy atom. The summed E-state index contributed by atoms with van der Waals surface area (Å²) in [6.07, 6.45) is 0.642. The van der Waals surface area contributed by atoms with E-state index in [-0.39, 0.29) is 11.4 Å². The van der Waals surface area contributed by atoms with E-state index in [2.05, 4.69) is 29.7 Å². The first-order valence-corrected chi connectivity index (χ1v) is 5.50. The minimum atomic E-state index is -0.298. The van der Waals surface area contributed by atoms with Crippen molar-refractivity contribution < 1.29 is 5.11 Å². The minimum absolute atomic E-state index is 0.148. The summed E-state index contributed by atoms with van der Waals surface area (Å²) in [6.45, 7) is 2.16. The predicted molar refractivity (Wildman–Crippen MR) is 66.3 cm³/mol. The van der Waals surface area contributed by atoms with Crippen LogP contribution in [0.1, 0.15) is 19.0 Å². The lowest BCUT2D eigenvalue weighted by Crippen LogP contribution is -2.16. The third-order valence-corrected chi connectivity index (χ3v) is 3.17. The third kappa shape index (κ3) is 2.03. The molecule has 1 atom stereocenters. The highest BCUT2D eigenvalue weighted by Gasteiger charge is 2.22. The zero-order valence-electron chi connectivity index (χ0n) is 8.70. The van der Waals surface area contributed by atoms with Crippen molar-refractivity contribution in [1.82, 2.24) is 4.98 Å². The molecule has 0 fully saturated rings. The van der Waals surface area contributed by atoms with Crippen LogP contribution in [0.2, 0.25) is 0 Å². The van der Waals surface area contributed by atoms with Gasteiger partial charge in [-0.2, -0.15) is 12.6 Å². The number of hydrogen-bond acceptors (Lipinski definition) is 2. The van der Waals surface area contributed by atoms with Gasteiger partial charge in [-0.3, -0.25) is 0 Å². The fourth-order valence-electron chi connectivity index (χ4n) is 1.72. The van der Waals surface area contributed by atoms with Gasteiger partial charge in [-0.15, -0.1) is 0 Å². The number of aliphatic hydroxyl groups excluding tert-OH is 1. The van der Waals surface area contributed by atoms with Crippen molar-refractivity contribution in [2.75, 3.05) is 6.61 Å². The van der Waals surface area contributed by atoms with Gasteiger partial charge in [-0.05, 0) is 30.9 Å². The van der Waals surface area contributed by atoms with Crippen molar-refractivity contribution in [2.45, 2.75) is 18.1 Å². The number of aromatic amines is 1. The van der Waals surface area contributed by atoms with Crippen molar-refractivity contribution in [3.8, 4) is 0 Å². The van der Waals surface area contributed by atoms with Crippen LogP contribution in [0.4, 0.5) is 0 Å². The number of benzene rings is 1. The molecular formula is C12H15NOS. The molecule has 15 heavy (non-hydrogen) atoms. The maximum absolute atomic E-state index is 8.98. The Kier molecular flexibility index (Phi) is 2.76. The molecule has 0 amide bonds. The van der Waals surface area contributed by atoms with Crippen molar-refractivity contribution in [2.24, 2.45) is 0 Å². The molecule has 1 aromatic carbocycles. The normalized spacial score (nSPS) is 15.4. The van der Waals surface area contributed by atoms with Crippen molar-refractivity contribution in [3.05, 3.63) is 36.0 Å². The molecule has 2 aromatic rings. The molecule has 2 N–H and O–H groups in total. The molecule has 0 saturated carbocycles. The van der Waals surface area contributed by atoms with Gasteiger partial charge in [-0.25, -0.2) is 0 Å². The van der Waals surface area contributed by atoms with Gasteiger partial charge in [0.25, 0.3) is 0 Å². The van der Waals surface area contributed by atoms with Gasteiger partial charge in [0.15, 0.2) is 0 Å². The second-order valence-corrected chi connectivity index (χ2v) is 5.00. The highest BCUT2D eigenvalue weighted by molar-refractivity contribution is 7.81. The number of aliphatic hydroxyl groups is 1. The largest absolute Gasteiger partial charge is 0.396 e. The van der Waals surface area contributed by atoms with E-state index < -0.39 is 0 Å². The average molecular weight is 221 g/mol. The van der Waals surface area contributed by atoms with Crippen molar-refractivity contribution in [3.63, 3.8) is 0 Å². The lowest BCUT2D eigenvalue weighted by atomic mass is 10.0. The Morgan fingerprint density at radius 3 is 2.80 bits per heavy atom. The van der Waals surface area contributed by atoms with Crippen LogP contribution >= 0.6 is 12.6 Å². The van der Waals surface area contributed by atoms with Crippen molar-refractivity contribution in [1.29, 1.82) is 0 Å². The maximum Gasteiger partial charge on any atom is 0.0522 e. The van der Waals surface area contributed by atoms with Crippen LogP contribution in [-0.4, -0.2) is 16.7 Å². The number of nitrogens with one attached hydrogen (secondary N) is 1. The summed E-state index contributed by atoms with van der Waals surface area (Å²) in [5, 5.41) is 10.2. The number of aromatic nitrogens is 1. The van der Waals surface area contributed by atoms with Crippen LogP contribution in [0.25, 0.3) is 10.9 Å². The van der Waals surface area contributed by atoms with Crippen LogP contribution in [0.5, 0.6) is 0 Å². The fourth-order valence-corrected chi connectivity index (χ4v) is 1.94. The van der Waals surface area contributed by atoms with Gasteiger partial charge in [0, 0.05) is 17.8 Å². The number of hydrogen-bond donors (Lipinski definition) is 3. The Hall–Kier alpha value is -0.930.